The largest absolute Gasteiger partial charge is 0.391 e. The molecule has 1 unspecified atom stereocenters. The first-order chi connectivity index (χ1) is 7.86. The summed E-state index contributed by atoms with van der Waals surface area (Å²) >= 11 is 0. The van der Waals surface area contributed by atoms with Gasteiger partial charge in [0.25, 0.3) is 5.69 Å². The van der Waals surface area contributed by atoms with Crippen molar-refractivity contribution in [3.8, 4) is 0 Å². The SMILES string of the molecule is NCC(O)CS(=O)(=O)c1ccc([N+](=O)[O-])cc1. The summed E-state index contributed by atoms with van der Waals surface area (Å²) in [6.07, 6.45) is -1.14. The molecule has 0 aliphatic rings. The van der Waals surface area contributed by atoms with Crippen LogP contribution in [0, 0.1) is 10.1 Å². The maximum absolute atomic E-state index is 11.7. The highest BCUT2D eigenvalue weighted by Gasteiger charge is 2.19. The molecule has 0 bridgehead atoms. The summed E-state index contributed by atoms with van der Waals surface area (Å²) < 4.78 is 23.4. The molecule has 1 rings (SSSR count). The molecule has 3 N–H and O–H groups in total. The number of benzene rings is 1. The summed E-state index contributed by atoms with van der Waals surface area (Å²) in [4.78, 5) is 9.69. The number of non-ortho nitro benzene ring substituents is 1. The fourth-order valence-corrected chi connectivity index (χ4v) is 2.58. The zero-order valence-corrected chi connectivity index (χ0v) is 9.63. The number of nitro groups is 1. The molecular formula is C9H12N2O5S. The fourth-order valence-electron chi connectivity index (χ4n) is 1.19. The molecule has 1 aromatic rings. The molecule has 0 aliphatic heterocycles. The van der Waals surface area contributed by atoms with Crippen molar-refractivity contribution in [2.24, 2.45) is 5.73 Å². The molecular weight excluding hydrogens is 248 g/mol. The van der Waals surface area contributed by atoms with Gasteiger partial charge in [-0.15, -0.1) is 0 Å². The van der Waals surface area contributed by atoms with Crippen molar-refractivity contribution in [2.45, 2.75) is 11.0 Å². The number of aliphatic hydroxyl groups excluding tert-OH is 1. The van der Waals surface area contributed by atoms with Gasteiger partial charge in [-0.1, -0.05) is 0 Å². The lowest BCUT2D eigenvalue weighted by Gasteiger charge is -2.08. The van der Waals surface area contributed by atoms with Gasteiger partial charge in [0.2, 0.25) is 0 Å². The molecule has 7 nitrogen and oxygen atoms in total. The monoisotopic (exact) mass is 260 g/mol. The fraction of sp³-hybridized carbons (Fsp3) is 0.333. The zero-order chi connectivity index (χ0) is 13.1. The normalized spacial score (nSPS) is 13.3. The second-order valence-corrected chi connectivity index (χ2v) is 5.46. The van der Waals surface area contributed by atoms with E-state index >= 15 is 0 Å². The average molecular weight is 260 g/mol. The predicted molar refractivity (Wildman–Crippen MR) is 60.2 cm³/mol. The summed E-state index contributed by atoms with van der Waals surface area (Å²) in [5.41, 5.74) is 4.93. The Balaban J connectivity index is 2.96. The minimum atomic E-state index is -3.67. The highest BCUT2D eigenvalue weighted by molar-refractivity contribution is 7.91. The number of nitrogens with zero attached hydrogens (tertiary/aromatic N) is 1. The van der Waals surface area contributed by atoms with Crippen LogP contribution in [-0.2, 0) is 9.84 Å². The third-order valence-corrected chi connectivity index (χ3v) is 3.90. The molecule has 0 aromatic heterocycles. The number of nitrogens with two attached hydrogens (primary N) is 1. The lowest BCUT2D eigenvalue weighted by Crippen LogP contribution is -2.28. The van der Waals surface area contributed by atoms with Crippen molar-refractivity contribution in [1.82, 2.24) is 0 Å². The number of rotatable bonds is 5. The molecule has 1 aromatic carbocycles. The summed E-state index contributed by atoms with van der Waals surface area (Å²) in [6.45, 7) is -0.161. The first-order valence-electron chi connectivity index (χ1n) is 4.72. The van der Waals surface area contributed by atoms with Gasteiger partial charge in [0.1, 0.15) is 0 Å². The minimum Gasteiger partial charge on any atom is -0.391 e. The number of aliphatic hydroxyl groups is 1. The summed E-state index contributed by atoms with van der Waals surface area (Å²) in [6, 6.07) is 4.47. The highest BCUT2D eigenvalue weighted by Crippen LogP contribution is 2.17. The molecule has 0 spiro atoms. The molecule has 0 fully saturated rings. The molecule has 0 heterocycles. The van der Waals surface area contributed by atoms with E-state index in [-0.39, 0.29) is 17.1 Å². The second-order valence-electron chi connectivity index (χ2n) is 3.42. The molecule has 0 radical (unpaired) electrons. The van der Waals surface area contributed by atoms with E-state index in [4.69, 9.17) is 5.73 Å². The zero-order valence-electron chi connectivity index (χ0n) is 8.81. The van der Waals surface area contributed by atoms with Crippen molar-refractivity contribution in [3.63, 3.8) is 0 Å². The van der Waals surface area contributed by atoms with Crippen LogP contribution in [0.25, 0.3) is 0 Å². The van der Waals surface area contributed by atoms with Crippen LogP contribution < -0.4 is 5.73 Å². The number of nitro benzene ring substituents is 1. The molecule has 0 aliphatic carbocycles. The van der Waals surface area contributed by atoms with Crippen LogP contribution in [0.5, 0.6) is 0 Å². The molecule has 1 atom stereocenters. The van der Waals surface area contributed by atoms with Gasteiger partial charge in [0.05, 0.1) is 21.7 Å². The Morgan fingerprint density at radius 3 is 2.29 bits per heavy atom. The second kappa shape index (κ2) is 5.21. The molecule has 8 heteroatoms. The Hall–Kier alpha value is -1.51. The molecule has 0 saturated carbocycles. The van der Waals surface area contributed by atoms with Gasteiger partial charge in [0, 0.05) is 18.7 Å². The van der Waals surface area contributed by atoms with E-state index in [1.54, 1.807) is 0 Å². The van der Waals surface area contributed by atoms with E-state index in [0.29, 0.717) is 0 Å². The Kier molecular flexibility index (Phi) is 4.16. The minimum absolute atomic E-state index is 0.0735. The molecule has 17 heavy (non-hydrogen) atoms. The maximum Gasteiger partial charge on any atom is 0.269 e. The Bertz CT molecular complexity index is 497. The summed E-state index contributed by atoms with van der Waals surface area (Å²) in [7, 11) is -3.67. The Morgan fingerprint density at radius 2 is 1.88 bits per heavy atom. The van der Waals surface area contributed by atoms with E-state index < -0.39 is 26.6 Å². The van der Waals surface area contributed by atoms with Crippen LogP contribution in [-0.4, -0.2) is 36.8 Å². The van der Waals surface area contributed by atoms with Crippen molar-refractivity contribution < 1.29 is 18.4 Å². The third-order valence-electron chi connectivity index (χ3n) is 2.09. The first-order valence-corrected chi connectivity index (χ1v) is 6.37. The third kappa shape index (κ3) is 3.48. The lowest BCUT2D eigenvalue weighted by atomic mass is 10.3. The van der Waals surface area contributed by atoms with Crippen molar-refractivity contribution in [3.05, 3.63) is 34.4 Å². The van der Waals surface area contributed by atoms with Crippen molar-refractivity contribution >= 4 is 15.5 Å². The molecule has 94 valence electrons. The van der Waals surface area contributed by atoms with Gasteiger partial charge in [0.15, 0.2) is 9.84 Å². The standard InChI is InChI=1S/C9H12N2O5S/c10-5-8(12)6-17(15,16)9-3-1-7(2-4-9)11(13)14/h1-4,8,12H,5-6,10H2. The topological polar surface area (TPSA) is 124 Å². The smallest absolute Gasteiger partial charge is 0.269 e. The van der Waals surface area contributed by atoms with Gasteiger partial charge in [-0.05, 0) is 12.1 Å². The molecule has 0 amide bonds. The Labute approximate surface area is 97.9 Å². The van der Waals surface area contributed by atoms with E-state index in [0.717, 1.165) is 24.3 Å². The van der Waals surface area contributed by atoms with Crippen LogP contribution in [0.4, 0.5) is 5.69 Å². The van der Waals surface area contributed by atoms with Gasteiger partial charge < -0.3 is 10.8 Å². The van der Waals surface area contributed by atoms with Crippen LogP contribution in [0.3, 0.4) is 0 Å². The highest BCUT2D eigenvalue weighted by atomic mass is 32.2. The van der Waals surface area contributed by atoms with E-state index in [1.807, 2.05) is 0 Å². The van der Waals surface area contributed by atoms with Gasteiger partial charge in [-0.2, -0.15) is 0 Å². The van der Waals surface area contributed by atoms with E-state index in [9.17, 15) is 23.6 Å². The summed E-state index contributed by atoms with van der Waals surface area (Å²) in [5, 5.41) is 19.6. The number of sulfone groups is 1. The average Bonchev–Trinajstić information content (AvgIpc) is 2.28. The van der Waals surface area contributed by atoms with Crippen LogP contribution >= 0.6 is 0 Å². The number of hydrogen-bond donors (Lipinski definition) is 2. The lowest BCUT2D eigenvalue weighted by molar-refractivity contribution is -0.384. The van der Waals surface area contributed by atoms with Gasteiger partial charge >= 0.3 is 0 Å². The van der Waals surface area contributed by atoms with Crippen LogP contribution in [0.1, 0.15) is 0 Å². The van der Waals surface area contributed by atoms with Crippen molar-refractivity contribution in [2.75, 3.05) is 12.3 Å². The quantitative estimate of drug-likeness (QED) is 0.552. The first kappa shape index (κ1) is 13.6. The van der Waals surface area contributed by atoms with Crippen LogP contribution in [0.15, 0.2) is 29.2 Å². The summed E-state index contributed by atoms with van der Waals surface area (Å²) in [5.74, 6) is -0.499. The van der Waals surface area contributed by atoms with Gasteiger partial charge in [-0.3, -0.25) is 10.1 Å². The van der Waals surface area contributed by atoms with Gasteiger partial charge in [-0.25, -0.2) is 8.42 Å². The predicted octanol–water partition coefficient (Wildman–Crippen LogP) is -0.312. The van der Waals surface area contributed by atoms with E-state index in [2.05, 4.69) is 0 Å². The van der Waals surface area contributed by atoms with Crippen LogP contribution in [0.2, 0.25) is 0 Å². The van der Waals surface area contributed by atoms with Crippen molar-refractivity contribution in [1.29, 1.82) is 0 Å². The maximum atomic E-state index is 11.7. The van der Waals surface area contributed by atoms with E-state index in [1.165, 1.54) is 0 Å². The molecule has 0 saturated heterocycles. The number of hydrogen-bond acceptors (Lipinski definition) is 6. The Morgan fingerprint density at radius 1 is 1.35 bits per heavy atom.